The molecular formula is C23H33N5O. The molecule has 2 saturated heterocycles. The highest BCUT2D eigenvalue weighted by molar-refractivity contribution is 5.76. The molecule has 2 aliphatic heterocycles. The fourth-order valence-electron chi connectivity index (χ4n) is 4.51. The zero-order valence-electron chi connectivity index (χ0n) is 17.5. The van der Waals surface area contributed by atoms with Crippen molar-refractivity contribution in [2.24, 2.45) is 5.92 Å². The van der Waals surface area contributed by atoms with E-state index in [4.69, 9.17) is 0 Å². The molecule has 6 nitrogen and oxygen atoms in total. The summed E-state index contributed by atoms with van der Waals surface area (Å²) < 4.78 is 1.89. The number of piperidine rings is 1. The molecule has 2 fully saturated rings. The van der Waals surface area contributed by atoms with E-state index in [-0.39, 0.29) is 0 Å². The Morgan fingerprint density at radius 3 is 2.62 bits per heavy atom. The van der Waals surface area contributed by atoms with Crippen molar-refractivity contribution < 1.29 is 4.79 Å². The van der Waals surface area contributed by atoms with Crippen LogP contribution in [-0.4, -0.2) is 76.7 Å². The summed E-state index contributed by atoms with van der Waals surface area (Å²) in [7, 11) is 2.13. The lowest BCUT2D eigenvalue weighted by Gasteiger charge is -2.34. The number of carbonyl (C=O) groups excluding carboxylic acids is 1. The number of carbonyl (C=O) groups is 1. The maximum absolute atomic E-state index is 12.5. The van der Waals surface area contributed by atoms with Crippen LogP contribution in [0, 0.1) is 5.92 Å². The summed E-state index contributed by atoms with van der Waals surface area (Å²) in [6.45, 7) is 7.04. The summed E-state index contributed by atoms with van der Waals surface area (Å²) in [5, 5.41) is 4.29. The van der Waals surface area contributed by atoms with Gasteiger partial charge in [0.05, 0.1) is 5.69 Å². The number of hydrogen-bond acceptors (Lipinski definition) is 4. The molecule has 6 heteroatoms. The Morgan fingerprint density at radius 2 is 1.90 bits per heavy atom. The Morgan fingerprint density at radius 1 is 1.10 bits per heavy atom. The Kier molecular flexibility index (Phi) is 6.62. The van der Waals surface area contributed by atoms with Gasteiger partial charge in [-0.2, -0.15) is 5.10 Å². The topological polar surface area (TPSA) is 44.6 Å². The van der Waals surface area contributed by atoms with Gasteiger partial charge in [0.1, 0.15) is 0 Å². The molecule has 3 heterocycles. The average molecular weight is 396 g/mol. The number of amides is 1. The maximum Gasteiger partial charge on any atom is 0.222 e. The zero-order chi connectivity index (χ0) is 20.1. The first-order valence-electron chi connectivity index (χ1n) is 10.9. The normalized spacial score (nSPS) is 21.4. The molecule has 29 heavy (non-hydrogen) atoms. The average Bonchev–Trinajstić information content (AvgIpc) is 3.28. The van der Waals surface area contributed by atoms with Gasteiger partial charge < -0.3 is 9.80 Å². The van der Waals surface area contributed by atoms with Crippen molar-refractivity contribution >= 4 is 5.91 Å². The van der Waals surface area contributed by atoms with Crippen LogP contribution < -0.4 is 0 Å². The predicted octanol–water partition coefficient (Wildman–Crippen LogP) is 2.64. The highest BCUT2D eigenvalue weighted by Gasteiger charge is 2.23. The van der Waals surface area contributed by atoms with Crippen molar-refractivity contribution in [3.05, 3.63) is 48.3 Å². The van der Waals surface area contributed by atoms with Crippen LogP contribution in [0.5, 0.6) is 0 Å². The number of piperazine rings is 1. The van der Waals surface area contributed by atoms with E-state index >= 15 is 0 Å². The predicted molar refractivity (Wildman–Crippen MR) is 115 cm³/mol. The highest BCUT2D eigenvalue weighted by Crippen LogP contribution is 2.23. The van der Waals surface area contributed by atoms with Gasteiger partial charge in [0.25, 0.3) is 0 Å². The molecule has 1 amide bonds. The summed E-state index contributed by atoms with van der Waals surface area (Å²) in [5.41, 5.74) is 2.44. The number of likely N-dealkylation sites (N-methyl/N-ethyl adjacent to an activating group) is 1. The third-order valence-electron chi connectivity index (χ3n) is 6.34. The molecule has 4 rings (SSSR count). The maximum atomic E-state index is 12.5. The minimum atomic E-state index is 0.351. The van der Waals surface area contributed by atoms with Gasteiger partial charge >= 0.3 is 0 Å². The van der Waals surface area contributed by atoms with E-state index < -0.39 is 0 Å². The van der Waals surface area contributed by atoms with Crippen molar-refractivity contribution in [3.8, 4) is 5.69 Å². The van der Waals surface area contributed by atoms with Crippen LogP contribution in [0.4, 0.5) is 0 Å². The molecule has 1 atom stereocenters. The van der Waals surface area contributed by atoms with Crippen LogP contribution in [0.15, 0.2) is 42.7 Å². The number of hydrogen-bond donors (Lipinski definition) is 0. The molecule has 0 N–H and O–H groups in total. The second kappa shape index (κ2) is 9.55. The van der Waals surface area contributed by atoms with Crippen LogP contribution in [-0.2, 0) is 11.3 Å². The van der Waals surface area contributed by atoms with Crippen LogP contribution in [0.25, 0.3) is 5.69 Å². The SMILES string of the molecule is CN1CCN(C(=O)CC[C@H]2CCCN(Cc3ccc(-n4cccn4)cc3)C2)CC1. The summed E-state index contributed by atoms with van der Waals surface area (Å²) in [4.78, 5) is 19.4. The highest BCUT2D eigenvalue weighted by atomic mass is 16.2. The van der Waals surface area contributed by atoms with E-state index in [0.29, 0.717) is 18.2 Å². The first kappa shape index (κ1) is 20.1. The molecule has 0 aliphatic carbocycles. The third-order valence-corrected chi connectivity index (χ3v) is 6.34. The molecule has 1 aromatic carbocycles. The van der Waals surface area contributed by atoms with E-state index in [1.54, 1.807) is 6.20 Å². The second-order valence-corrected chi connectivity index (χ2v) is 8.58. The first-order valence-corrected chi connectivity index (χ1v) is 10.9. The third kappa shape index (κ3) is 5.46. The Balaban J connectivity index is 1.23. The van der Waals surface area contributed by atoms with E-state index in [9.17, 15) is 4.79 Å². The lowest BCUT2D eigenvalue weighted by atomic mass is 9.92. The van der Waals surface area contributed by atoms with Crippen molar-refractivity contribution in [2.45, 2.75) is 32.2 Å². The molecule has 2 aliphatic rings. The molecule has 0 unspecified atom stereocenters. The van der Waals surface area contributed by atoms with Crippen LogP contribution >= 0.6 is 0 Å². The Labute approximate surface area is 174 Å². The van der Waals surface area contributed by atoms with Gasteiger partial charge in [-0.3, -0.25) is 9.69 Å². The number of benzene rings is 1. The smallest absolute Gasteiger partial charge is 0.222 e. The van der Waals surface area contributed by atoms with Crippen molar-refractivity contribution in [1.29, 1.82) is 0 Å². The molecule has 0 spiro atoms. The van der Waals surface area contributed by atoms with Gasteiger partial charge in [-0.15, -0.1) is 0 Å². The van der Waals surface area contributed by atoms with Crippen LogP contribution in [0.2, 0.25) is 0 Å². The summed E-state index contributed by atoms with van der Waals surface area (Å²) in [5.74, 6) is 0.993. The fourth-order valence-corrected chi connectivity index (χ4v) is 4.51. The minimum absolute atomic E-state index is 0.351. The monoisotopic (exact) mass is 395 g/mol. The minimum Gasteiger partial charge on any atom is -0.340 e. The van der Waals surface area contributed by atoms with Gasteiger partial charge in [-0.25, -0.2) is 4.68 Å². The van der Waals surface area contributed by atoms with Gasteiger partial charge in [-0.1, -0.05) is 12.1 Å². The molecule has 2 aromatic rings. The van der Waals surface area contributed by atoms with Gasteiger partial charge in [-0.05, 0) is 62.5 Å². The lowest BCUT2D eigenvalue weighted by molar-refractivity contribution is -0.133. The quantitative estimate of drug-likeness (QED) is 0.754. The Bertz CT molecular complexity index is 765. The summed E-state index contributed by atoms with van der Waals surface area (Å²) >= 11 is 0. The lowest BCUT2D eigenvalue weighted by Crippen LogP contribution is -2.47. The number of nitrogens with zero attached hydrogens (tertiary/aromatic N) is 5. The Hall–Kier alpha value is -2.18. The van der Waals surface area contributed by atoms with Gasteiger partial charge in [0, 0.05) is 58.1 Å². The number of likely N-dealkylation sites (tertiary alicyclic amines) is 1. The second-order valence-electron chi connectivity index (χ2n) is 8.58. The van der Waals surface area contributed by atoms with Crippen LogP contribution in [0.1, 0.15) is 31.2 Å². The molecule has 156 valence electrons. The van der Waals surface area contributed by atoms with E-state index in [1.807, 2.05) is 16.9 Å². The molecular weight excluding hydrogens is 362 g/mol. The molecule has 1 aromatic heterocycles. The van der Waals surface area contributed by atoms with E-state index in [1.165, 1.54) is 18.4 Å². The molecule has 0 bridgehead atoms. The number of rotatable bonds is 6. The first-order chi connectivity index (χ1) is 14.2. The largest absolute Gasteiger partial charge is 0.340 e. The van der Waals surface area contributed by atoms with E-state index in [0.717, 1.165) is 57.9 Å². The summed E-state index contributed by atoms with van der Waals surface area (Å²) in [6, 6.07) is 10.6. The molecule has 0 saturated carbocycles. The fraction of sp³-hybridized carbons (Fsp3) is 0.565. The van der Waals surface area contributed by atoms with Gasteiger partial charge in [0.15, 0.2) is 0 Å². The summed E-state index contributed by atoms with van der Waals surface area (Å²) in [6.07, 6.45) is 7.99. The standard InChI is InChI=1S/C23H33N5O/c1-25-14-16-27(17-15-25)23(29)10-7-20-4-2-12-26(18-20)19-21-5-8-22(9-6-21)28-13-3-11-24-28/h3,5-6,8-9,11,13,20H,2,4,7,10,12,14-19H2,1H3/t20-/m1/s1. The number of aromatic nitrogens is 2. The zero-order valence-corrected chi connectivity index (χ0v) is 17.5. The van der Waals surface area contributed by atoms with Crippen molar-refractivity contribution in [1.82, 2.24) is 24.5 Å². The van der Waals surface area contributed by atoms with E-state index in [2.05, 4.69) is 51.1 Å². The van der Waals surface area contributed by atoms with Crippen molar-refractivity contribution in [3.63, 3.8) is 0 Å². The van der Waals surface area contributed by atoms with Crippen molar-refractivity contribution in [2.75, 3.05) is 46.3 Å². The molecule has 0 radical (unpaired) electrons. The van der Waals surface area contributed by atoms with Crippen LogP contribution in [0.3, 0.4) is 0 Å². The van der Waals surface area contributed by atoms with Gasteiger partial charge in [0.2, 0.25) is 5.91 Å².